The van der Waals surface area contributed by atoms with E-state index < -0.39 is 0 Å². The van der Waals surface area contributed by atoms with Crippen LogP contribution in [0, 0.1) is 0 Å². The van der Waals surface area contributed by atoms with Gasteiger partial charge in [0.15, 0.2) is 0 Å². The smallest absolute Gasteiger partial charge is 2.00 e. The van der Waals surface area contributed by atoms with Gasteiger partial charge in [-0.05, 0) is 0 Å². The van der Waals surface area contributed by atoms with Crippen LogP contribution in [0.3, 0.4) is 0 Å². The average Bonchev–Trinajstić information content (AvgIpc) is 0. The van der Waals surface area contributed by atoms with E-state index >= 15 is 0 Å². The summed E-state index contributed by atoms with van der Waals surface area (Å²) in [4.78, 5) is 0. The first kappa shape index (κ1) is 614. The molecule has 0 saturated carbocycles. The fourth-order valence-corrected chi connectivity index (χ4v) is 0. The van der Waals surface area contributed by atoms with Crippen LogP contribution in [0.5, 0.6) is 0 Å². The molecular weight excluding hydrogens is 988 g/mol. The molecule has 0 aliphatic heterocycles. The van der Waals surface area contributed by atoms with Gasteiger partial charge in [-0.3, -0.25) is 0 Å². The number of rotatable bonds is 0. The van der Waals surface area contributed by atoms with Gasteiger partial charge < -0.3 is 71.2 Å². The Morgan fingerprint density at radius 2 is 0.211 bits per heavy atom. The second kappa shape index (κ2) is 536. The Labute approximate surface area is 214 Å². The van der Waals surface area contributed by atoms with E-state index in [0.29, 0.717) is 0 Å². The molecule has 0 rings (SSSR count). The molecule has 0 aromatic rings. The van der Waals surface area contributed by atoms with Crippen LogP contribution >= 0.6 is 0 Å². The van der Waals surface area contributed by atoms with E-state index in [-0.39, 0.29) is 217 Å². The minimum absolute atomic E-state index is 0. The van der Waals surface area contributed by atoms with E-state index in [2.05, 4.69) is 0 Å². The molecule has 19 heteroatoms. The van der Waals surface area contributed by atoms with Gasteiger partial charge in [-0.15, -0.1) is 0 Å². The summed E-state index contributed by atoms with van der Waals surface area (Å²) >= 11 is 0. The van der Waals surface area contributed by atoms with E-state index in [1.54, 1.807) is 0 Å². The van der Waals surface area contributed by atoms with Crippen LogP contribution in [-0.4, -0.2) is 51.7 Å². The fraction of sp³-hybridized carbons (Fsp3) is 0. The standard InChI is InChI=1S/2In.13O.2W.2Zr/q2*+3;13*-2;;;2*+4. The van der Waals surface area contributed by atoms with Gasteiger partial charge in [0.2, 0.25) is 0 Å². The van der Waals surface area contributed by atoms with Crippen LogP contribution in [0.25, 0.3) is 0 Å². The zero-order valence-electron chi connectivity index (χ0n) is 8.28. The fourth-order valence-electron chi connectivity index (χ4n) is 0. The Balaban J connectivity index is 0. The Morgan fingerprint density at radius 3 is 0.211 bits per heavy atom. The van der Waals surface area contributed by atoms with Crippen molar-refractivity contribution in [2.24, 2.45) is 0 Å². The van der Waals surface area contributed by atoms with Crippen molar-refractivity contribution >= 4 is 51.7 Å². The second-order valence-electron chi connectivity index (χ2n) is 0. The third kappa shape index (κ3) is 487. The van der Waals surface area contributed by atoms with E-state index in [1.807, 2.05) is 0 Å². The van der Waals surface area contributed by atoms with Crippen molar-refractivity contribution in [3.05, 3.63) is 0 Å². The first-order chi connectivity index (χ1) is 0. The summed E-state index contributed by atoms with van der Waals surface area (Å²) in [5, 5.41) is 0. The molecule has 0 heterocycles. The summed E-state index contributed by atoms with van der Waals surface area (Å²) in [6.45, 7) is 0. The summed E-state index contributed by atoms with van der Waals surface area (Å²) < 4.78 is 0. The van der Waals surface area contributed by atoms with Crippen molar-refractivity contribution in [1.82, 2.24) is 0 Å². The molecule has 0 N–H and O–H groups in total. The first-order valence-electron chi connectivity index (χ1n) is 0. The first-order valence-corrected chi connectivity index (χ1v) is 0. The molecule has 0 unspecified atom stereocenters. The van der Waals surface area contributed by atoms with Gasteiger partial charge in [-0.1, -0.05) is 0 Å². The van der Waals surface area contributed by atoms with Crippen LogP contribution in [0.15, 0.2) is 0 Å². The van der Waals surface area contributed by atoms with Crippen molar-refractivity contribution in [3.63, 3.8) is 0 Å². The summed E-state index contributed by atoms with van der Waals surface area (Å²) in [6.07, 6.45) is 0. The molecule has 0 bridgehead atoms. The third-order valence-corrected chi connectivity index (χ3v) is 0. The summed E-state index contributed by atoms with van der Waals surface area (Å²) in [6, 6.07) is 0. The van der Waals surface area contributed by atoms with Crippen molar-refractivity contribution in [2.45, 2.75) is 0 Å². The van der Waals surface area contributed by atoms with E-state index in [4.69, 9.17) is 0 Å². The second-order valence-corrected chi connectivity index (χ2v) is 0. The molecule has 19 heavy (non-hydrogen) atoms. The minimum Gasteiger partial charge on any atom is -2.00 e. The molecule has 13 nitrogen and oxygen atoms in total. The zero-order valence-corrected chi connectivity index (χ0v) is 25.7. The molecule has 0 spiro atoms. The van der Waals surface area contributed by atoms with E-state index in [9.17, 15) is 0 Å². The topological polar surface area (TPSA) is 370 Å². The van der Waals surface area contributed by atoms with Crippen LogP contribution in [0.2, 0.25) is 0 Å². The summed E-state index contributed by atoms with van der Waals surface area (Å²) in [7, 11) is 0. The van der Waals surface area contributed by atoms with E-state index in [1.165, 1.54) is 0 Å². The summed E-state index contributed by atoms with van der Waals surface area (Å²) in [5.41, 5.74) is 0. The summed E-state index contributed by atoms with van der Waals surface area (Å²) in [5.74, 6) is 0. The molecule has 0 aliphatic carbocycles. The molecule has 0 saturated heterocycles. The molecular formula is In2O13W2Zr2-12. The molecule has 0 aromatic heterocycles. The molecule has 0 amide bonds. The predicted octanol–water partition coefficient (Wildman–Crippen LogP) is -2.32. The Morgan fingerprint density at radius 1 is 0.211 bits per heavy atom. The molecule has 0 aromatic carbocycles. The van der Waals surface area contributed by atoms with Gasteiger partial charge in [-0.25, -0.2) is 0 Å². The third-order valence-electron chi connectivity index (χ3n) is 0. The van der Waals surface area contributed by atoms with Gasteiger partial charge in [0.1, 0.15) is 0 Å². The number of hydrogen-bond donors (Lipinski definition) is 0. The maximum atomic E-state index is 0. The molecule has 0 atom stereocenters. The molecule has 0 fully saturated rings. The minimum atomic E-state index is 0. The molecule has 116 valence electrons. The van der Waals surface area contributed by atoms with Crippen molar-refractivity contribution in [3.8, 4) is 0 Å². The van der Waals surface area contributed by atoms with Crippen LogP contribution in [0.4, 0.5) is 0 Å². The molecule has 0 radical (unpaired) electrons. The monoisotopic (exact) mass is 985 g/mol. The van der Waals surface area contributed by atoms with Crippen molar-refractivity contribution in [1.29, 1.82) is 0 Å². The maximum Gasteiger partial charge on any atom is 4.00 e. The van der Waals surface area contributed by atoms with Gasteiger partial charge >= 0.3 is 104 Å². The predicted molar refractivity (Wildman–Crippen MR) is 20.4 cm³/mol. The Kier molecular flexibility index (Phi) is 17300. The van der Waals surface area contributed by atoms with Crippen LogP contribution in [0.1, 0.15) is 0 Å². The van der Waals surface area contributed by atoms with E-state index in [0.717, 1.165) is 0 Å². The normalized spacial score (nSPS) is 0. The van der Waals surface area contributed by atoms with Gasteiger partial charge in [-0.2, -0.15) is 0 Å². The van der Waals surface area contributed by atoms with Gasteiger partial charge in [0.25, 0.3) is 0 Å². The molecule has 0 aliphatic rings. The Hall–Kier alpha value is 4.36. The average molecular weight is 988 g/mol. The maximum absolute atomic E-state index is 0. The van der Waals surface area contributed by atoms with Crippen LogP contribution < -0.4 is 0 Å². The quantitative estimate of drug-likeness (QED) is 0.247. The Bertz CT molecular complexity index is 26.6. The SMILES string of the molecule is [In+3].[In+3].[O-2].[O-2].[O-2].[O-2].[O-2].[O-2].[O-2].[O-2].[O-2].[O-2].[O-2].[O-2].[O-2].[W].[W].[Zr+4].[Zr+4]. The van der Waals surface area contributed by atoms with Crippen molar-refractivity contribution in [2.75, 3.05) is 0 Å². The van der Waals surface area contributed by atoms with Gasteiger partial charge in [0, 0.05) is 42.1 Å². The number of hydrogen-bond acceptors (Lipinski definition) is 0. The zero-order chi connectivity index (χ0) is 0. The van der Waals surface area contributed by atoms with Gasteiger partial charge in [0.05, 0.1) is 0 Å². The largest absolute Gasteiger partial charge is 4.00 e. The van der Waals surface area contributed by atoms with Crippen LogP contribution in [-0.2, 0) is 166 Å². The van der Waals surface area contributed by atoms with Crippen molar-refractivity contribution < 1.29 is 166 Å².